The molecule has 0 bridgehead atoms. The molecule has 0 fully saturated rings. The lowest BCUT2D eigenvalue weighted by molar-refractivity contribution is 0.282. The first-order chi connectivity index (χ1) is 7.20. The van der Waals surface area contributed by atoms with Gasteiger partial charge in [0.15, 0.2) is 0 Å². The quantitative estimate of drug-likeness (QED) is 0.759. The van der Waals surface area contributed by atoms with Gasteiger partial charge in [-0.2, -0.15) is 0 Å². The Labute approximate surface area is 89.5 Å². The highest BCUT2D eigenvalue weighted by atomic mass is 16.3. The van der Waals surface area contributed by atoms with E-state index in [2.05, 4.69) is 23.4 Å². The van der Waals surface area contributed by atoms with Crippen LogP contribution in [0.1, 0.15) is 12.5 Å². The number of hydrogen-bond donors (Lipinski definition) is 1. The topological polar surface area (TPSA) is 25.2 Å². The largest absolute Gasteiger partial charge is 0.392 e. The molecule has 2 rings (SSSR count). The van der Waals surface area contributed by atoms with Crippen LogP contribution < -0.4 is 0 Å². The summed E-state index contributed by atoms with van der Waals surface area (Å²) in [6, 6.07) is 8.09. The van der Waals surface area contributed by atoms with Crippen LogP contribution in [0, 0.1) is 0 Å². The minimum absolute atomic E-state index is 0.0988. The molecule has 1 aromatic heterocycles. The fourth-order valence-electron chi connectivity index (χ4n) is 1.78. The van der Waals surface area contributed by atoms with E-state index in [0.29, 0.717) is 0 Å². The Morgan fingerprint density at radius 1 is 1.40 bits per heavy atom. The van der Waals surface area contributed by atoms with Gasteiger partial charge in [0, 0.05) is 18.3 Å². The molecule has 2 nitrogen and oxygen atoms in total. The van der Waals surface area contributed by atoms with Crippen molar-refractivity contribution >= 4 is 10.9 Å². The summed E-state index contributed by atoms with van der Waals surface area (Å²) in [7, 11) is 0. The molecule has 0 spiro atoms. The van der Waals surface area contributed by atoms with Crippen LogP contribution in [0.25, 0.3) is 10.9 Å². The molecule has 0 aliphatic carbocycles. The molecule has 2 heteroatoms. The Balaban J connectivity index is 2.47. The zero-order valence-corrected chi connectivity index (χ0v) is 8.90. The zero-order chi connectivity index (χ0) is 10.8. The van der Waals surface area contributed by atoms with Crippen LogP contribution in [0.3, 0.4) is 0 Å². The van der Waals surface area contributed by atoms with Crippen LogP contribution in [-0.4, -0.2) is 9.67 Å². The van der Waals surface area contributed by atoms with Crippen molar-refractivity contribution in [2.45, 2.75) is 20.1 Å². The third-order valence-corrected chi connectivity index (χ3v) is 2.46. The van der Waals surface area contributed by atoms with Crippen molar-refractivity contribution in [2.75, 3.05) is 0 Å². The Hall–Kier alpha value is -1.54. The number of benzene rings is 1. The standard InChI is InChI=1S/C13H15NO/c1-10(2)8-14-6-5-12-7-11(9-15)3-4-13(12)14/h3-7,15H,1,8-9H2,2H3. The van der Waals surface area contributed by atoms with E-state index < -0.39 is 0 Å². The predicted molar refractivity (Wildman–Crippen MR) is 62.7 cm³/mol. The van der Waals surface area contributed by atoms with Gasteiger partial charge in [-0.15, -0.1) is 0 Å². The molecule has 0 saturated heterocycles. The van der Waals surface area contributed by atoms with Crippen LogP contribution in [0.15, 0.2) is 42.6 Å². The van der Waals surface area contributed by atoms with Crippen molar-refractivity contribution in [1.29, 1.82) is 0 Å². The predicted octanol–water partition coefficient (Wildman–Crippen LogP) is 2.71. The molecule has 0 aliphatic heterocycles. The molecule has 0 saturated carbocycles. The van der Waals surface area contributed by atoms with Crippen LogP contribution >= 0.6 is 0 Å². The number of allylic oxidation sites excluding steroid dienone is 1. The van der Waals surface area contributed by atoms with Crippen molar-refractivity contribution < 1.29 is 5.11 Å². The second-order valence-corrected chi connectivity index (χ2v) is 3.95. The van der Waals surface area contributed by atoms with Gasteiger partial charge in [-0.1, -0.05) is 18.2 Å². The summed E-state index contributed by atoms with van der Waals surface area (Å²) in [5.74, 6) is 0. The van der Waals surface area contributed by atoms with Gasteiger partial charge >= 0.3 is 0 Å². The Bertz CT molecular complexity index is 496. The average Bonchev–Trinajstić information content (AvgIpc) is 2.60. The van der Waals surface area contributed by atoms with Gasteiger partial charge in [0.2, 0.25) is 0 Å². The highest BCUT2D eigenvalue weighted by Gasteiger charge is 2.01. The lowest BCUT2D eigenvalue weighted by atomic mass is 10.2. The lowest BCUT2D eigenvalue weighted by Crippen LogP contribution is -1.96. The van der Waals surface area contributed by atoms with E-state index in [1.807, 2.05) is 25.1 Å². The highest BCUT2D eigenvalue weighted by Crippen LogP contribution is 2.18. The van der Waals surface area contributed by atoms with Gasteiger partial charge in [0.25, 0.3) is 0 Å². The monoisotopic (exact) mass is 201 g/mol. The lowest BCUT2D eigenvalue weighted by Gasteiger charge is -2.05. The molecule has 0 radical (unpaired) electrons. The molecule has 1 aromatic carbocycles. The van der Waals surface area contributed by atoms with Gasteiger partial charge in [-0.25, -0.2) is 0 Å². The van der Waals surface area contributed by atoms with E-state index in [9.17, 15) is 0 Å². The molecule has 0 atom stereocenters. The van der Waals surface area contributed by atoms with Crippen LogP contribution in [0.4, 0.5) is 0 Å². The number of aliphatic hydroxyl groups is 1. The van der Waals surface area contributed by atoms with E-state index in [4.69, 9.17) is 5.11 Å². The van der Waals surface area contributed by atoms with Crippen molar-refractivity contribution in [3.8, 4) is 0 Å². The molecule has 0 amide bonds. The van der Waals surface area contributed by atoms with Crippen molar-refractivity contribution in [3.63, 3.8) is 0 Å². The summed E-state index contributed by atoms with van der Waals surface area (Å²) in [6.45, 7) is 6.88. The molecule has 78 valence electrons. The summed E-state index contributed by atoms with van der Waals surface area (Å²) in [4.78, 5) is 0. The molecule has 0 aliphatic rings. The maximum absolute atomic E-state index is 9.03. The van der Waals surface area contributed by atoms with Gasteiger partial charge in [-0.05, 0) is 36.1 Å². The minimum atomic E-state index is 0.0988. The Kier molecular flexibility index (Phi) is 2.60. The summed E-state index contributed by atoms with van der Waals surface area (Å²) < 4.78 is 2.17. The number of aromatic nitrogens is 1. The van der Waals surface area contributed by atoms with E-state index >= 15 is 0 Å². The number of rotatable bonds is 3. The fourth-order valence-corrected chi connectivity index (χ4v) is 1.78. The fraction of sp³-hybridized carbons (Fsp3) is 0.231. The van der Waals surface area contributed by atoms with Crippen LogP contribution in [0.2, 0.25) is 0 Å². The van der Waals surface area contributed by atoms with Crippen molar-refractivity contribution in [2.24, 2.45) is 0 Å². The average molecular weight is 201 g/mol. The molecule has 0 unspecified atom stereocenters. The molecular weight excluding hydrogens is 186 g/mol. The minimum Gasteiger partial charge on any atom is -0.392 e. The first kappa shape index (κ1) is 9.99. The number of aliphatic hydroxyl groups excluding tert-OH is 1. The Morgan fingerprint density at radius 3 is 2.87 bits per heavy atom. The Morgan fingerprint density at radius 2 is 2.20 bits per heavy atom. The summed E-state index contributed by atoms with van der Waals surface area (Å²) >= 11 is 0. The van der Waals surface area contributed by atoms with Crippen LogP contribution in [0.5, 0.6) is 0 Å². The second-order valence-electron chi connectivity index (χ2n) is 3.95. The van der Waals surface area contributed by atoms with Gasteiger partial charge in [0.05, 0.1) is 6.61 Å². The maximum atomic E-state index is 9.03. The third kappa shape index (κ3) is 1.95. The number of fused-ring (bicyclic) bond motifs is 1. The number of hydrogen-bond acceptors (Lipinski definition) is 1. The van der Waals surface area contributed by atoms with Gasteiger partial charge in [-0.3, -0.25) is 0 Å². The maximum Gasteiger partial charge on any atom is 0.0682 e. The highest BCUT2D eigenvalue weighted by molar-refractivity contribution is 5.80. The van der Waals surface area contributed by atoms with E-state index in [0.717, 1.165) is 17.7 Å². The molecule has 2 aromatic rings. The summed E-state index contributed by atoms with van der Waals surface area (Å²) in [5, 5.41) is 10.2. The summed E-state index contributed by atoms with van der Waals surface area (Å²) in [6.07, 6.45) is 2.06. The third-order valence-electron chi connectivity index (χ3n) is 2.46. The number of nitrogens with zero attached hydrogens (tertiary/aromatic N) is 1. The first-order valence-electron chi connectivity index (χ1n) is 5.03. The zero-order valence-electron chi connectivity index (χ0n) is 8.90. The molecule has 1 heterocycles. The SMILES string of the molecule is C=C(C)Cn1ccc2cc(CO)ccc21. The molecule has 1 N–H and O–H groups in total. The van der Waals surface area contributed by atoms with E-state index in [1.165, 1.54) is 10.9 Å². The van der Waals surface area contributed by atoms with Crippen molar-refractivity contribution in [3.05, 3.63) is 48.2 Å². The summed E-state index contributed by atoms with van der Waals surface area (Å²) in [5.41, 5.74) is 3.28. The van der Waals surface area contributed by atoms with Gasteiger partial charge < -0.3 is 9.67 Å². The van der Waals surface area contributed by atoms with Gasteiger partial charge in [0.1, 0.15) is 0 Å². The smallest absolute Gasteiger partial charge is 0.0682 e. The van der Waals surface area contributed by atoms with Crippen molar-refractivity contribution in [1.82, 2.24) is 4.57 Å². The van der Waals surface area contributed by atoms with Crippen LogP contribution in [-0.2, 0) is 13.2 Å². The first-order valence-corrected chi connectivity index (χ1v) is 5.03. The normalized spacial score (nSPS) is 10.8. The van der Waals surface area contributed by atoms with E-state index in [1.54, 1.807) is 0 Å². The molecular formula is C13H15NO. The second kappa shape index (κ2) is 3.91. The molecule has 15 heavy (non-hydrogen) atoms. The van der Waals surface area contributed by atoms with E-state index in [-0.39, 0.29) is 6.61 Å².